The van der Waals surface area contributed by atoms with Crippen LogP contribution >= 0.6 is 11.6 Å². The molecule has 0 aromatic carbocycles. The number of alkyl halides is 2. The van der Waals surface area contributed by atoms with E-state index in [-0.39, 0.29) is 30.1 Å². The lowest BCUT2D eigenvalue weighted by atomic mass is 9.45. The standard InChI is InChI=1S/C24H30ClFO6/c1-12-7-15-16-9-18(26)17-8-14(28)5-6-21(17,3)23(16,25)19(29)10-22(15,4)24(12,31)20(30)11-32-13(2)27/h5-6,8,12,15-16,18-19,29,31H,7,9-11H2,1-4H3. The molecule has 32 heavy (non-hydrogen) atoms. The zero-order chi connectivity index (χ0) is 23.9. The number of aliphatic hydroxyl groups is 2. The van der Waals surface area contributed by atoms with Gasteiger partial charge in [-0.1, -0.05) is 26.8 Å². The van der Waals surface area contributed by atoms with Crippen molar-refractivity contribution in [3.05, 3.63) is 23.8 Å². The van der Waals surface area contributed by atoms with Crippen LogP contribution in [-0.2, 0) is 19.1 Å². The van der Waals surface area contributed by atoms with Crippen LogP contribution in [0.15, 0.2) is 23.8 Å². The predicted octanol–water partition coefficient (Wildman–Crippen LogP) is 2.68. The first-order chi connectivity index (χ1) is 14.7. The van der Waals surface area contributed by atoms with E-state index in [1.165, 1.54) is 19.1 Å². The van der Waals surface area contributed by atoms with Gasteiger partial charge in [-0.3, -0.25) is 14.4 Å². The van der Waals surface area contributed by atoms with Crippen LogP contribution in [-0.4, -0.2) is 57.1 Å². The summed E-state index contributed by atoms with van der Waals surface area (Å²) < 4.78 is 20.3. The van der Waals surface area contributed by atoms with Gasteiger partial charge in [0.05, 0.1) is 11.0 Å². The molecule has 0 amide bonds. The number of esters is 1. The Balaban J connectivity index is 1.79. The fourth-order valence-corrected chi connectivity index (χ4v) is 7.90. The molecule has 3 saturated carbocycles. The topological polar surface area (TPSA) is 101 Å². The van der Waals surface area contributed by atoms with Crippen molar-refractivity contribution >= 4 is 29.1 Å². The molecular weight excluding hydrogens is 439 g/mol. The van der Waals surface area contributed by atoms with Gasteiger partial charge in [0, 0.05) is 17.8 Å². The third kappa shape index (κ3) is 2.74. The average Bonchev–Trinajstić information content (AvgIpc) is 2.91. The molecule has 0 aliphatic heterocycles. The number of rotatable bonds is 3. The number of ether oxygens (including phenoxy) is 1. The Morgan fingerprint density at radius 1 is 1.28 bits per heavy atom. The molecule has 3 fully saturated rings. The molecule has 8 heteroatoms. The van der Waals surface area contributed by atoms with Gasteiger partial charge in [0.1, 0.15) is 11.8 Å². The summed E-state index contributed by atoms with van der Waals surface area (Å²) in [6.45, 7) is 5.86. The fourth-order valence-electron chi connectivity index (χ4n) is 7.41. The van der Waals surface area contributed by atoms with E-state index in [1.54, 1.807) is 26.8 Å². The van der Waals surface area contributed by atoms with Crippen LogP contribution in [0.5, 0.6) is 0 Å². The molecule has 0 aromatic rings. The number of halogens is 2. The molecule has 4 aliphatic carbocycles. The molecule has 2 N–H and O–H groups in total. The van der Waals surface area contributed by atoms with Crippen molar-refractivity contribution in [3.8, 4) is 0 Å². The lowest BCUT2D eigenvalue weighted by Gasteiger charge is -2.64. The Morgan fingerprint density at radius 3 is 2.56 bits per heavy atom. The Labute approximate surface area is 191 Å². The first kappa shape index (κ1) is 23.6. The summed E-state index contributed by atoms with van der Waals surface area (Å²) in [5.41, 5.74) is -3.76. The average molecular weight is 469 g/mol. The van der Waals surface area contributed by atoms with Crippen molar-refractivity contribution in [2.24, 2.45) is 28.6 Å². The third-order valence-corrected chi connectivity index (χ3v) is 9.97. The van der Waals surface area contributed by atoms with Crippen LogP contribution in [0.3, 0.4) is 0 Å². The number of ketones is 2. The Hall–Kier alpha value is -1.57. The van der Waals surface area contributed by atoms with Crippen molar-refractivity contribution in [1.82, 2.24) is 0 Å². The molecular formula is C24H30ClFO6. The monoisotopic (exact) mass is 468 g/mol. The van der Waals surface area contributed by atoms with Crippen molar-refractivity contribution in [3.63, 3.8) is 0 Å². The van der Waals surface area contributed by atoms with E-state index in [4.69, 9.17) is 16.3 Å². The van der Waals surface area contributed by atoms with Gasteiger partial charge in [-0.25, -0.2) is 4.39 Å². The number of carbonyl (C=O) groups is 3. The lowest BCUT2D eigenvalue weighted by Crippen LogP contribution is -2.70. The lowest BCUT2D eigenvalue weighted by molar-refractivity contribution is -0.183. The zero-order valence-electron chi connectivity index (χ0n) is 18.7. The van der Waals surface area contributed by atoms with Crippen LogP contribution in [0.25, 0.3) is 0 Å². The van der Waals surface area contributed by atoms with Gasteiger partial charge in [-0.05, 0) is 54.7 Å². The number of hydrogen-bond donors (Lipinski definition) is 2. The highest BCUT2D eigenvalue weighted by molar-refractivity contribution is 6.26. The maximum Gasteiger partial charge on any atom is 0.303 e. The summed E-state index contributed by atoms with van der Waals surface area (Å²) in [6, 6.07) is 0. The van der Waals surface area contributed by atoms with Crippen molar-refractivity contribution in [2.45, 2.75) is 69.7 Å². The van der Waals surface area contributed by atoms with E-state index >= 15 is 4.39 Å². The normalized spacial score (nSPS) is 49.6. The third-order valence-electron chi connectivity index (χ3n) is 9.04. The highest BCUT2D eigenvalue weighted by atomic mass is 35.5. The molecule has 0 saturated heterocycles. The maximum atomic E-state index is 15.5. The number of carbonyl (C=O) groups excluding carboxylic acids is 3. The highest BCUT2D eigenvalue weighted by Crippen LogP contribution is 2.71. The van der Waals surface area contributed by atoms with Crippen molar-refractivity contribution in [2.75, 3.05) is 6.61 Å². The van der Waals surface area contributed by atoms with E-state index in [1.807, 2.05) is 0 Å². The number of fused-ring (bicyclic) bond motifs is 5. The predicted molar refractivity (Wildman–Crippen MR) is 115 cm³/mol. The van der Waals surface area contributed by atoms with Gasteiger partial charge in [-0.2, -0.15) is 0 Å². The van der Waals surface area contributed by atoms with E-state index in [0.29, 0.717) is 6.42 Å². The van der Waals surface area contributed by atoms with Gasteiger partial charge < -0.3 is 14.9 Å². The van der Waals surface area contributed by atoms with E-state index < -0.39 is 63.8 Å². The molecule has 0 radical (unpaired) electrons. The Bertz CT molecular complexity index is 947. The Morgan fingerprint density at radius 2 is 1.94 bits per heavy atom. The van der Waals surface area contributed by atoms with Crippen LogP contribution in [0.4, 0.5) is 4.39 Å². The van der Waals surface area contributed by atoms with Gasteiger partial charge in [0.2, 0.25) is 5.78 Å². The second-order valence-corrected chi connectivity index (χ2v) is 11.1. The van der Waals surface area contributed by atoms with Gasteiger partial charge >= 0.3 is 5.97 Å². The number of allylic oxidation sites excluding steroid dienone is 4. The first-order valence-electron chi connectivity index (χ1n) is 11.1. The van der Waals surface area contributed by atoms with Crippen LogP contribution in [0.2, 0.25) is 0 Å². The largest absolute Gasteiger partial charge is 0.458 e. The second-order valence-electron chi connectivity index (χ2n) is 10.5. The minimum Gasteiger partial charge on any atom is -0.458 e. The summed E-state index contributed by atoms with van der Waals surface area (Å²) in [5, 5.41) is 23.2. The zero-order valence-corrected chi connectivity index (χ0v) is 19.5. The second kappa shape index (κ2) is 7.21. The smallest absolute Gasteiger partial charge is 0.303 e. The van der Waals surface area contributed by atoms with Gasteiger partial charge in [-0.15, -0.1) is 11.6 Å². The highest BCUT2D eigenvalue weighted by Gasteiger charge is 2.75. The molecule has 0 aromatic heterocycles. The summed E-state index contributed by atoms with van der Waals surface area (Å²) in [6.07, 6.45) is 2.05. The molecule has 4 aliphatic rings. The van der Waals surface area contributed by atoms with E-state index in [9.17, 15) is 24.6 Å². The maximum absolute atomic E-state index is 15.5. The number of aliphatic hydroxyl groups excluding tert-OH is 1. The molecule has 0 spiro atoms. The molecule has 9 atom stereocenters. The number of Topliss-reactive ketones (excluding diaryl/α,β-unsaturated/α-hetero) is 1. The first-order valence-corrected chi connectivity index (χ1v) is 11.5. The van der Waals surface area contributed by atoms with E-state index in [0.717, 1.165) is 0 Å². The number of hydrogen-bond acceptors (Lipinski definition) is 6. The molecule has 0 heterocycles. The summed E-state index contributed by atoms with van der Waals surface area (Å²) >= 11 is 7.25. The summed E-state index contributed by atoms with van der Waals surface area (Å²) in [7, 11) is 0. The molecule has 6 nitrogen and oxygen atoms in total. The molecule has 176 valence electrons. The minimum atomic E-state index is -1.85. The van der Waals surface area contributed by atoms with Crippen molar-refractivity contribution in [1.29, 1.82) is 0 Å². The van der Waals surface area contributed by atoms with Crippen LogP contribution in [0.1, 0.15) is 47.0 Å². The Kier molecular flexibility index (Phi) is 5.32. The summed E-state index contributed by atoms with van der Waals surface area (Å²) in [4.78, 5) is 35.0. The molecule has 0 bridgehead atoms. The quantitative estimate of drug-likeness (QED) is 0.488. The molecule has 4 rings (SSSR count). The van der Waals surface area contributed by atoms with Crippen molar-refractivity contribution < 1.29 is 33.7 Å². The SMILES string of the molecule is CC(=O)OCC(=O)C1(O)C(C)CC2C3CC(F)C4=CC(=O)C=CC4(C)C3(Cl)C(O)CC21C. The van der Waals surface area contributed by atoms with Crippen LogP contribution < -0.4 is 0 Å². The summed E-state index contributed by atoms with van der Waals surface area (Å²) in [5.74, 6) is -2.97. The van der Waals surface area contributed by atoms with Gasteiger partial charge in [0.15, 0.2) is 12.4 Å². The molecule has 9 unspecified atom stereocenters. The fraction of sp³-hybridized carbons (Fsp3) is 0.708. The van der Waals surface area contributed by atoms with Crippen LogP contribution in [0, 0.1) is 28.6 Å². The minimum absolute atomic E-state index is 0.00963. The van der Waals surface area contributed by atoms with E-state index in [2.05, 4.69) is 0 Å². The van der Waals surface area contributed by atoms with Gasteiger partial charge in [0.25, 0.3) is 0 Å².